The van der Waals surface area contributed by atoms with Crippen LogP contribution in [0.2, 0.25) is 0 Å². The monoisotopic (exact) mass is 215 g/mol. The SMILES string of the molecule is CCc1cc(CSCCC(=O)O)on1. The molecule has 14 heavy (non-hydrogen) atoms. The van der Waals surface area contributed by atoms with Crippen molar-refractivity contribution in [2.45, 2.75) is 25.5 Å². The second-order valence-corrected chi connectivity index (χ2v) is 3.94. The zero-order chi connectivity index (χ0) is 10.4. The molecule has 0 aromatic carbocycles. The topological polar surface area (TPSA) is 63.3 Å². The number of aliphatic carboxylic acids is 1. The smallest absolute Gasteiger partial charge is 0.304 e. The van der Waals surface area contributed by atoms with Crippen LogP contribution in [-0.4, -0.2) is 22.0 Å². The van der Waals surface area contributed by atoms with Crippen LogP contribution in [-0.2, 0) is 17.0 Å². The van der Waals surface area contributed by atoms with Gasteiger partial charge < -0.3 is 9.63 Å². The standard InChI is InChI=1S/C9H13NO3S/c1-2-7-5-8(13-10-7)6-14-4-3-9(11)12/h5H,2-4,6H2,1H3,(H,11,12). The summed E-state index contributed by atoms with van der Waals surface area (Å²) >= 11 is 1.54. The molecule has 0 fully saturated rings. The molecule has 0 radical (unpaired) electrons. The molecular formula is C9H13NO3S. The van der Waals surface area contributed by atoms with Gasteiger partial charge in [-0.1, -0.05) is 12.1 Å². The molecule has 0 unspecified atom stereocenters. The van der Waals surface area contributed by atoms with Crippen LogP contribution >= 0.6 is 11.8 Å². The Labute approximate surface area is 86.7 Å². The molecule has 4 nitrogen and oxygen atoms in total. The third kappa shape index (κ3) is 3.83. The van der Waals surface area contributed by atoms with E-state index in [9.17, 15) is 4.79 Å². The second kappa shape index (κ2) is 5.70. The molecule has 0 bridgehead atoms. The summed E-state index contributed by atoms with van der Waals surface area (Å²) in [6.45, 7) is 2.01. The highest BCUT2D eigenvalue weighted by Crippen LogP contribution is 2.14. The van der Waals surface area contributed by atoms with Gasteiger partial charge in [0.05, 0.1) is 17.9 Å². The normalized spacial score (nSPS) is 10.4. The Morgan fingerprint density at radius 3 is 3.07 bits per heavy atom. The fourth-order valence-electron chi connectivity index (χ4n) is 0.923. The van der Waals surface area contributed by atoms with Gasteiger partial charge in [0, 0.05) is 11.8 Å². The lowest BCUT2D eigenvalue weighted by Gasteiger charge is -1.94. The maximum Gasteiger partial charge on any atom is 0.304 e. The van der Waals surface area contributed by atoms with Gasteiger partial charge in [-0.3, -0.25) is 4.79 Å². The number of carboxylic acids is 1. The predicted molar refractivity (Wildman–Crippen MR) is 54.3 cm³/mol. The van der Waals surface area contributed by atoms with E-state index in [2.05, 4.69) is 5.16 Å². The van der Waals surface area contributed by atoms with Gasteiger partial charge in [-0.15, -0.1) is 0 Å². The summed E-state index contributed by atoms with van der Waals surface area (Å²) in [6, 6.07) is 1.91. The van der Waals surface area contributed by atoms with E-state index in [4.69, 9.17) is 9.63 Å². The fraction of sp³-hybridized carbons (Fsp3) is 0.556. The summed E-state index contributed by atoms with van der Waals surface area (Å²) in [5, 5.41) is 12.2. The lowest BCUT2D eigenvalue weighted by Crippen LogP contribution is -1.95. The number of hydrogen-bond acceptors (Lipinski definition) is 4. The lowest BCUT2D eigenvalue weighted by molar-refractivity contribution is -0.136. The maximum absolute atomic E-state index is 10.2. The first-order valence-corrected chi connectivity index (χ1v) is 5.62. The Hall–Kier alpha value is -0.970. The Morgan fingerprint density at radius 1 is 1.71 bits per heavy atom. The average molecular weight is 215 g/mol. The van der Waals surface area contributed by atoms with E-state index < -0.39 is 5.97 Å². The summed E-state index contributed by atoms with van der Waals surface area (Å²) in [4.78, 5) is 10.2. The minimum absolute atomic E-state index is 0.194. The van der Waals surface area contributed by atoms with E-state index in [1.165, 1.54) is 0 Å². The first-order valence-electron chi connectivity index (χ1n) is 4.46. The number of hydrogen-bond donors (Lipinski definition) is 1. The van der Waals surface area contributed by atoms with Gasteiger partial charge in [0.25, 0.3) is 0 Å². The molecule has 78 valence electrons. The van der Waals surface area contributed by atoms with Crippen LogP contribution in [0, 0.1) is 0 Å². The first-order chi connectivity index (χ1) is 6.72. The molecule has 1 N–H and O–H groups in total. The van der Waals surface area contributed by atoms with E-state index >= 15 is 0 Å². The van der Waals surface area contributed by atoms with Crippen LogP contribution in [0.5, 0.6) is 0 Å². The predicted octanol–water partition coefficient (Wildman–Crippen LogP) is 1.94. The minimum atomic E-state index is -0.760. The molecule has 0 aliphatic heterocycles. The highest BCUT2D eigenvalue weighted by Gasteiger charge is 2.03. The zero-order valence-corrected chi connectivity index (χ0v) is 8.84. The molecule has 1 heterocycles. The number of aryl methyl sites for hydroxylation is 1. The summed E-state index contributed by atoms with van der Waals surface area (Å²) < 4.78 is 5.04. The van der Waals surface area contributed by atoms with Crippen molar-refractivity contribution in [2.24, 2.45) is 0 Å². The molecule has 0 saturated carbocycles. The van der Waals surface area contributed by atoms with Crippen molar-refractivity contribution in [1.82, 2.24) is 5.16 Å². The molecule has 0 saturated heterocycles. The average Bonchev–Trinajstić information content (AvgIpc) is 2.60. The van der Waals surface area contributed by atoms with Crippen LogP contribution in [0.15, 0.2) is 10.6 Å². The highest BCUT2D eigenvalue weighted by molar-refractivity contribution is 7.98. The fourth-order valence-corrected chi connectivity index (χ4v) is 1.72. The lowest BCUT2D eigenvalue weighted by atomic mass is 10.3. The van der Waals surface area contributed by atoms with Gasteiger partial charge in [0.2, 0.25) is 0 Å². The van der Waals surface area contributed by atoms with Crippen molar-refractivity contribution >= 4 is 17.7 Å². The minimum Gasteiger partial charge on any atom is -0.481 e. The Balaban J connectivity index is 2.21. The van der Waals surface area contributed by atoms with Crippen LogP contribution in [0.4, 0.5) is 0 Å². The van der Waals surface area contributed by atoms with E-state index in [-0.39, 0.29) is 6.42 Å². The van der Waals surface area contributed by atoms with Crippen molar-refractivity contribution < 1.29 is 14.4 Å². The van der Waals surface area contributed by atoms with E-state index in [0.29, 0.717) is 11.5 Å². The number of rotatable bonds is 6. The molecule has 0 amide bonds. The van der Waals surface area contributed by atoms with Crippen LogP contribution in [0.1, 0.15) is 24.8 Å². The highest BCUT2D eigenvalue weighted by atomic mass is 32.2. The number of aromatic nitrogens is 1. The Bertz CT molecular complexity index is 298. The summed E-state index contributed by atoms with van der Waals surface area (Å²) in [6.07, 6.45) is 1.06. The molecule has 0 aliphatic carbocycles. The largest absolute Gasteiger partial charge is 0.481 e. The molecule has 0 spiro atoms. The molecule has 0 atom stereocenters. The maximum atomic E-state index is 10.2. The number of thioether (sulfide) groups is 1. The third-order valence-electron chi connectivity index (χ3n) is 1.67. The van der Waals surface area contributed by atoms with E-state index in [1.807, 2.05) is 13.0 Å². The quantitative estimate of drug-likeness (QED) is 0.735. The number of carboxylic acid groups (broad SMARTS) is 1. The molecular weight excluding hydrogens is 202 g/mol. The van der Waals surface area contributed by atoms with Crippen LogP contribution in [0.25, 0.3) is 0 Å². The summed E-state index contributed by atoms with van der Waals surface area (Å²) in [5.41, 5.74) is 0.943. The van der Waals surface area contributed by atoms with Gasteiger partial charge >= 0.3 is 5.97 Å². The third-order valence-corrected chi connectivity index (χ3v) is 2.66. The van der Waals surface area contributed by atoms with Crippen LogP contribution < -0.4 is 0 Å². The van der Waals surface area contributed by atoms with E-state index in [0.717, 1.165) is 17.9 Å². The van der Waals surface area contributed by atoms with Gasteiger partial charge in [0.1, 0.15) is 5.76 Å². The van der Waals surface area contributed by atoms with Crippen LogP contribution in [0.3, 0.4) is 0 Å². The van der Waals surface area contributed by atoms with Crippen molar-refractivity contribution in [3.8, 4) is 0 Å². The Morgan fingerprint density at radius 2 is 2.50 bits per heavy atom. The van der Waals surface area contributed by atoms with Crippen molar-refractivity contribution in [3.63, 3.8) is 0 Å². The zero-order valence-electron chi connectivity index (χ0n) is 8.02. The number of carbonyl (C=O) groups is 1. The molecule has 5 heteroatoms. The van der Waals surface area contributed by atoms with Gasteiger partial charge in [-0.2, -0.15) is 11.8 Å². The molecule has 1 aromatic rings. The van der Waals surface area contributed by atoms with Crippen molar-refractivity contribution in [2.75, 3.05) is 5.75 Å². The number of nitrogens with zero attached hydrogens (tertiary/aromatic N) is 1. The summed E-state index contributed by atoms with van der Waals surface area (Å²) in [5.74, 6) is 1.36. The van der Waals surface area contributed by atoms with E-state index in [1.54, 1.807) is 11.8 Å². The summed E-state index contributed by atoms with van der Waals surface area (Å²) in [7, 11) is 0. The van der Waals surface area contributed by atoms with Gasteiger partial charge in [-0.05, 0) is 6.42 Å². The van der Waals surface area contributed by atoms with Crippen molar-refractivity contribution in [1.29, 1.82) is 0 Å². The molecule has 1 aromatic heterocycles. The molecule has 1 rings (SSSR count). The first kappa shape index (κ1) is 11.1. The van der Waals surface area contributed by atoms with Crippen molar-refractivity contribution in [3.05, 3.63) is 17.5 Å². The van der Waals surface area contributed by atoms with Gasteiger partial charge in [0.15, 0.2) is 0 Å². The molecule has 0 aliphatic rings. The van der Waals surface area contributed by atoms with Gasteiger partial charge in [-0.25, -0.2) is 0 Å². The Kier molecular flexibility index (Phi) is 4.52. The second-order valence-electron chi connectivity index (χ2n) is 2.83.